The number of thiazole rings is 1. The summed E-state index contributed by atoms with van der Waals surface area (Å²) in [5, 5.41) is 9.62. The molecule has 8 heteroatoms. The van der Waals surface area contributed by atoms with Crippen molar-refractivity contribution in [1.29, 1.82) is 0 Å². The second-order valence-corrected chi connectivity index (χ2v) is 10.3. The Morgan fingerprint density at radius 3 is 2.72 bits per heavy atom. The first kappa shape index (κ1) is 22.8. The molecule has 1 aliphatic heterocycles. The number of para-hydroxylation sites is 1. The SMILES string of the molecule is Cn1nc(C(=O)CC2CCNCC2)c2ccc(OCc3ccccc3-c3nc4ccccc4s3)nc21. The molecule has 0 atom stereocenters. The highest BCUT2D eigenvalue weighted by molar-refractivity contribution is 7.21. The normalized spacial score (nSPS) is 14.5. The molecule has 1 fully saturated rings. The van der Waals surface area contributed by atoms with E-state index in [2.05, 4.69) is 33.6 Å². The monoisotopic (exact) mass is 497 g/mol. The number of aryl methyl sites for hydroxylation is 1. The zero-order chi connectivity index (χ0) is 24.5. The first-order chi connectivity index (χ1) is 17.7. The smallest absolute Gasteiger partial charge is 0.215 e. The van der Waals surface area contributed by atoms with E-state index in [-0.39, 0.29) is 5.78 Å². The third-order valence-electron chi connectivity index (χ3n) is 6.78. The molecule has 4 heterocycles. The number of nitrogens with zero attached hydrogens (tertiary/aromatic N) is 4. The number of benzene rings is 2. The van der Waals surface area contributed by atoms with Gasteiger partial charge in [-0.15, -0.1) is 11.3 Å². The van der Waals surface area contributed by atoms with Gasteiger partial charge in [0.15, 0.2) is 11.4 Å². The molecule has 182 valence electrons. The number of Topliss-reactive ketones (excluding diaryl/α,β-unsaturated/α-hetero) is 1. The summed E-state index contributed by atoms with van der Waals surface area (Å²) in [5.74, 6) is 1.01. The lowest BCUT2D eigenvalue weighted by molar-refractivity contribution is 0.0948. The van der Waals surface area contributed by atoms with Crippen molar-refractivity contribution >= 4 is 38.4 Å². The number of rotatable bonds is 7. The molecule has 7 nitrogen and oxygen atoms in total. The highest BCUT2D eigenvalue weighted by Crippen LogP contribution is 2.32. The number of hydrogen-bond donors (Lipinski definition) is 1. The van der Waals surface area contributed by atoms with E-state index in [1.807, 2.05) is 49.5 Å². The molecular weight excluding hydrogens is 470 g/mol. The van der Waals surface area contributed by atoms with Gasteiger partial charge in [0.2, 0.25) is 5.88 Å². The minimum atomic E-state index is 0.0905. The molecule has 0 aliphatic carbocycles. The van der Waals surface area contributed by atoms with Crippen LogP contribution in [0.4, 0.5) is 0 Å². The van der Waals surface area contributed by atoms with Crippen molar-refractivity contribution < 1.29 is 9.53 Å². The molecule has 0 radical (unpaired) electrons. The van der Waals surface area contributed by atoms with Crippen LogP contribution in [0.5, 0.6) is 5.88 Å². The maximum absolute atomic E-state index is 13.0. The second-order valence-electron chi connectivity index (χ2n) is 9.25. The molecule has 1 saturated heterocycles. The highest BCUT2D eigenvalue weighted by Gasteiger charge is 2.22. The van der Waals surface area contributed by atoms with Crippen molar-refractivity contribution in [2.45, 2.75) is 25.9 Å². The third kappa shape index (κ3) is 4.50. The van der Waals surface area contributed by atoms with Crippen LogP contribution in [0.15, 0.2) is 60.7 Å². The fraction of sp³-hybridized carbons (Fsp3) is 0.286. The van der Waals surface area contributed by atoms with E-state index in [4.69, 9.17) is 9.72 Å². The molecule has 2 aromatic carbocycles. The summed E-state index contributed by atoms with van der Waals surface area (Å²) in [7, 11) is 1.82. The topological polar surface area (TPSA) is 81.9 Å². The van der Waals surface area contributed by atoms with Crippen molar-refractivity contribution in [2.24, 2.45) is 13.0 Å². The number of piperidine rings is 1. The molecule has 0 unspecified atom stereocenters. The Morgan fingerprint density at radius 1 is 1.06 bits per heavy atom. The number of fused-ring (bicyclic) bond motifs is 2. The first-order valence-electron chi connectivity index (χ1n) is 12.3. The quantitative estimate of drug-likeness (QED) is 0.303. The van der Waals surface area contributed by atoms with Gasteiger partial charge in [0.05, 0.1) is 15.6 Å². The predicted octanol–water partition coefficient (Wildman–Crippen LogP) is 5.40. The van der Waals surface area contributed by atoms with Gasteiger partial charge in [-0.25, -0.2) is 9.67 Å². The number of hydrogen-bond acceptors (Lipinski definition) is 7. The molecule has 6 rings (SSSR count). The number of nitrogens with one attached hydrogen (secondary N) is 1. The van der Waals surface area contributed by atoms with Crippen LogP contribution in [0.1, 0.15) is 35.3 Å². The Hall–Kier alpha value is -3.62. The molecule has 36 heavy (non-hydrogen) atoms. The van der Waals surface area contributed by atoms with Crippen LogP contribution in [0.25, 0.3) is 31.8 Å². The third-order valence-corrected chi connectivity index (χ3v) is 7.85. The lowest BCUT2D eigenvalue weighted by Crippen LogP contribution is -2.29. The Kier molecular flexibility index (Phi) is 6.21. The van der Waals surface area contributed by atoms with Crippen molar-refractivity contribution in [3.63, 3.8) is 0 Å². The van der Waals surface area contributed by atoms with Crippen LogP contribution in [-0.2, 0) is 13.7 Å². The molecule has 0 bridgehead atoms. The van der Waals surface area contributed by atoms with E-state index in [1.54, 1.807) is 16.0 Å². The van der Waals surface area contributed by atoms with Gasteiger partial charge in [0.1, 0.15) is 17.3 Å². The van der Waals surface area contributed by atoms with Gasteiger partial charge in [-0.2, -0.15) is 10.1 Å². The Bertz CT molecular complexity index is 1520. The molecule has 0 spiro atoms. The van der Waals surface area contributed by atoms with Gasteiger partial charge >= 0.3 is 0 Å². The molecule has 3 aromatic heterocycles. The second kappa shape index (κ2) is 9.79. The summed E-state index contributed by atoms with van der Waals surface area (Å²) in [6, 6.07) is 20.1. The summed E-state index contributed by atoms with van der Waals surface area (Å²) in [5.41, 5.74) is 4.27. The molecule has 1 aliphatic rings. The summed E-state index contributed by atoms with van der Waals surface area (Å²) in [4.78, 5) is 22.5. The number of ether oxygens (including phenoxy) is 1. The highest BCUT2D eigenvalue weighted by atomic mass is 32.1. The Balaban J connectivity index is 1.21. The lowest BCUT2D eigenvalue weighted by Gasteiger charge is -2.21. The maximum Gasteiger partial charge on any atom is 0.215 e. The largest absolute Gasteiger partial charge is 0.473 e. The van der Waals surface area contributed by atoms with E-state index < -0.39 is 0 Å². The molecule has 1 N–H and O–H groups in total. The van der Waals surface area contributed by atoms with Crippen LogP contribution in [0.2, 0.25) is 0 Å². The summed E-state index contributed by atoms with van der Waals surface area (Å²) >= 11 is 1.68. The number of aromatic nitrogens is 4. The number of carbonyl (C=O) groups excluding carboxylic acids is 1. The fourth-order valence-electron chi connectivity index (χ4n) is 4.84. The summed E-state index contributed by atoms with van der Waals surface area (Å²) in [6.07, 6.45) is 2.60. The van der Waals surface area contributed by atoms with E-state index in [0.29, 0.717) is 36.2 Å². The van der Waals surface area contributed by atoms with Gasteiger partial charge in [0, 0.05) is 25.1 Å². The van der Waals surface area contributed by atoms with Gasteiger partial charge in [0.25, 0.3) is 0 Å². The molecule has 0 saturated carbocycles. The van der Waals surface area contributed by atoms with Crippen molar-refractivity contribution in [2.75, 3.05) is 13.1 Å². The number of pyridine rings is 1. The zero-order valence-corrected chi connectivity index (χ0v) is 20.9. The van der Waals surface area contributed by atoms with Crippen LogP contribution >= 0.6 is 11.3 Å². The summed E-state index contributed by atoms with van der Waals surface area (Å²) in [6.45, 7) is 2.32. The van der Waals surface area contributed by atoms with Crippen LogP contribution in [0.3, 0.4) is 0 Å². The van der Waals surface area contributed by atoms with Crippen LogP contribution < -0.4 is 10.1 Å². The standard InChI is InChI=1S/C28H27N5O2S/c1-33-27-21(26(32-33)23(34)16-18-12-14-29-15-13-18)10-11-25(31-27)35-17-19-6-2-3-7-20(19)28-30-22-8-4-5-9-24(22)36-28/h2-11,18,29H,12-17H2,1H3. The average molecular weight is 498 g/mol. The van der Waals surface area contributed by atoms with Crippen molar-refractivity contribution in [3.05, 3.63) is 71.9 Å². The fourth-order valence-corrected chi connectivity index (χ4v) is 5.86. The van der Waals surface area contributed by atoms with Gasteiger partial charge in [-0.1, -0.05) is 36.4 Å². The number of ketones is 1. The van der Waals surface area contributed by atoms with Crippen molar-refractivity contribution in [3.8, 4) is 16.5 Å². The van der Waals surface area contributed by atoms with E-state index in [9.17, 15) is 4.79 Å². The Morgan fingerprint density at radius 2 is 1.86 bits per heavy atom. The van der Waals surface area contributed by atoms with Crippen LogP contribution in [-0.4, -0.2) is 38.6 Å². The minimum absolute atomic E-state index is 0.0905. The molecular formula is C28H27N5O2S. The van der Waals surface area contributed by atoms with E-state index >= 15 is 0 Å². The average Bonchev–Trinajstić information content (AvgIpc) is 3.49. The minimum Gasteiger partial charge on any atom is -0.473 e. The molecule has 5 aromatic rings. The Labute approximate surface area is 213 Å². The first-order valence-corrected chi connectivity index (χ1v) is 13.1. The maximum atomic E-state index is 13.0. The van der Waals surface area contributed by atoms with Gasteiger partial charge < -0.3 is 10.1 Å². The van der Waals surface area contributed by atoms with Gasteiger partial charge in [-0.3, -0.25) is 4.79 Å². The zero-order valence-electron chi connectivity index (χ0n) is 20.1. The van der Waals surface area contributed by atoms with Gasteiger partial charge in [-0.05, 0) is 55.6 Å². The van der Waals surface area contributed by atoms with E-state index in [0.717, 1.165) is 57.7 Å². The predicted molar refractivity (Wildman–Crippen MR) is 142 cm³/mol. The number of carbonyl (C=O) groups is 1. The molecule has 0 amide bonds. The van der Waals surface area contributed by atoms with E-state index in [1.165, 1.54) is 0 Å². The van der Waals surface area contributed by atoms with Crippen molar-refractivity contribution in [1.82, 2.24) is 25.1 Å². The summed E-state index contributed by atoms with van der Waals surface area (Å²) < 4.78 is 8.95. The lowest BCUT2D eigenvalue weighted by atomic mass is 9.91. The van der Waals surface area contributed by atoms with Crippen LogP contribution in [0, 0.1) is 5.92 Å².